The molecule has 0 N–H and O–H groups in total. The molecule has 0 radical (unpaired) electrons. The molecule has 2 aromatic rings. The molecule has 0 saturated carbocycles. The zero-order valence-electron chi connectivity index (χ0n) is 9.34. The molecule has 1 nitrogen and oxygen atoms in total. The maximum atomic E-state index is 5.89. The first-order valence-corrected chi connectivity index (χ1v) is 5.95. The van der Waals surface area contributed by atoms with Gasteiger partial charge < -0.3 is 4.74 Å². The molecule has 2 bridgehead atoms. The Bertz CT molecular complexity index is 598. The van der Waals surface area contributed by atoms with Gasteiger partial charge in [0, 0.05) is 0 Å². The van der Waals surface area contributed by atoms with Gasteiger partial charge in [0.2, 0.25) is 0 Å². The summed E-state index contributed by atoms with van der Waals surface area (Å²) in [6.07, 6.45) is 4.66. The molecule has 0 spiro atoms. The van der Waals surface area contributed by atoms with Crippen LogP contribution in [-0.4, -0.2) is 0 Å². The van der Waals surface area contributed by atoms with Gasteiger partial charge in [-0.15, -0.1) is 0 Å². The van der Waals surface area contributed by atoms with Crippen LogP contribution in [0.3, 0.4) is 0 Å². The van der Waals surface area contributed by atoms with Crippen LogP contribution in [0.4, 0.5) is 0 Å². The van der Waals surface area contributed by atoms with Crippen LogP contribution in [0, 0.1) is 0 Å². The molecule has 17 heavy (non-hydrogen) atoms. The fourth-order valence-corrected chi connectivity index (χ4v) is 2.81. The van der Waals surface area contributed by atoms with E-state index in [-0.39, 0.29) is 12.2 Å². The number of hydrogen-bond acceptors (Lipinski definition) is 1. The third-order valence-electron chi connectivity index (χ3n) is 3.57. The van der Waals surface area contributed by atoms with Gasteiger partial charge in [0.15, 0.2) is 0 Å². The second kappa shape index (κ2) is 3.31. The molecule has 0 amide bonds. The predicted molar refractivity (Wildman–Crippen MR) is 67.6 cm³/mol. The van der Waals surface area contributed by atoms with E-state index in [2.05, 4.69) is 60.7 Å². The average Bonchev–Trinajstić information content (AvgIpc) is 3.01. The van der Waals surface area contributed by atoms with Crippen LogP contribution in [0.15, 0.2) is 60.7 Å². The van der Waals surface area contributed by atoms with Crippen molar-refractivity contribution < 1.29 is 4.74 Å². The van der Waals surface area contributed by atoms with E-state index in [0.717, 1.165) is 0 Å². The second-order valence-corrected chi connectivity index (χ2v) is 4.54. The lowest BCUT2D eigenvalue weighted by molar-refractivity contribution is 0.0880. The molecule has 0 fully saturated rings. The SMILES string of the molecule is C1=CC2OC1c1cccc(-c3ccccc3)c12. The van der Waals surface area contributed by atoms with Gasteiger partial charge in [-0.1, -0.05) is 60.7 Å². The van der Waals surface area contributed by atoms with Gasteiger partial charge in [0.25, 0.3) is 0 Å². The lowest BCUT2D eigenvalue weighted by Gasteiger charge is -2.13. The summed E-state index contributed by atoms with van der Waals surface area (Å²) < 4.78 is 5.89. The largest absolute Gasteiger partial charge is 0.357 e. The maximum absolute atomic E-state index is 5.89. The Morgan fingerprint density at radius 3 is 2.47 bits per heavy atom. The highest BCUT2D eigenvalue weighted by Crippen LogP contribution is 2.49. The molecule has 0 aliphatic carbocycles. The first-order valence-electron chi connectivity index (χ1n) is 5.95. The minimum Gasteiger partial charge on any atom is -0.357 e. The van der Waals surface area contributed by atoms with Crippen molar-refractivity contribution in [1.82, 2.24) is 0 Å². The van der Waals surface area contributed by atoms with Crippen molar-refractivity contribution in [3.8, 4) is 11.1 Å². The summed E-state index contributed by atoms with van der Waals surface area (Å²) >= 11 is 0. The highest BCUT2D eigenvalue weighted by molar-refractivity contribution is 5.71. The van der Waals surface area contributed by atoms with Crippen molar-refractivity contribution in [2.45, 2.75) is 12.2 Å². The predicted octanol–water partition coefficient (Wildman–Crippen LogP) is 4.04. The quantitative estimate of drug-likeness (QED) is 0.659. The molecule has 2 aromatic carbocycles. The normalized spacial score (nSPS) is 24.0. The molecule has 82 valence electrons. The Morgan fingerprint density at radius 2 is 1.59 bits per heavy atom. The standard InChI is InChI=1S/C16H12O/c1-2-5-11(6-3-1)12-7-4-8-13-14-9-10-15(17-14)16(12)13/h1-10,14-15H. The fourth-order valence-electron chi connectivity index (χ4n) is 2.81. The summed E-state index contributed by atoms with van der Waals surface area (Å²) in [5.41, 5.74) is 5.26. The maximum Gasteiger partial charge on any atom is 0.103 e. The van der Waals surface area contributed by atoms with Gasteiger partial charge in [-0.25, -0.2) is 0 Å². The van der Waals surface area contributed by atoms with E-state index in [9.17, 15) is 0 Å². The lowest BCUT2D eigenvalue weighted by Crippen LogP contribution is -1.95. The van der Waals surface area contributed by atoms with Gasteiger partial charge in [-0.05, 0) is 22.3 Å². The van der Waals surface area contributed by atoms with Crippen molar-refractivity contribution in [1.29, 1.82) is 0 Å². The molecule has 2 heterocycles. The monoisotopic (exact) mass is 220 g/mol. The second-order valence-electron chi connectivity index (χ2n) is 4.54. The number of ether oxygens (including phenoxy) is 1. The zero-order valence-corrected chi connectivity index (χ0v) is 9.34. The number of hydrogen-bond donors (Lipinski definition) is 0. The van der Waals surface area contributed by atoms with E-state index < -0.39 is 0 Å². The third-order valence-corrected chi connectivity index (χ3v) is 3.57. The summed E-state index contributed by atoms with van der Waals surface area (Å²) in [6, 6.07) is 17.0. The minimum absolute atomic E-state index is 0.159. The van der Waals surface area contributed by atoms with E-state index >= 15 is 0 Å². The van der Waals surface area contributed by atoms with E-state index in [4.69, 9.17) is 4.74 Å². The van der Waals surface area contributed by atoms with Crippen molar-refractivity contribution >= 4 is 0 Å². The summed E-state index contributed by atoms with van der Waals surface area (Å²) in [4.78, 5) is 0. The lowest BCUT2D eigenvalue weighted by atomic mass is 9.89. The number of benzene rings is 2. The van der Waals surface area contributed by atoms with Crippen LogP contribution in [0.5, 0.6) is 0 Å². The van der Waals surface area contributed by atoms with Crippen LogP contribution >= 0.6 is 0 Å². The Balaban J connectivity index is 1.96. The minimum atomic E-state index is 0.159. The topological polar surface area (TPSA) is 9.23 Å². The highest BCUT2D eigenvalue weighted by Gasteiger charge is 2.35. The van der Waals surface area contributed by atoms with Gasteiger partial charge in [0.05, 0.1) is 0 Å². The number of fused-ring (bicyclic) bond motifs is 5. The fraction of sp³-hybridized carbons (Fsp3) is 0.125. The van der Waals surface area contributed by atoms with E-state index in [1.165, 1.54) is 22.3 Å². The molecular formula is C16H12O. The van der Waals surface area contributed by atoms with Crippen LogP contribution < -0.4 is 0 Å². The summed E-state index contributed by atoms with van der Waals surface area (Å²) in [7, 11) is 0. The van der Waals surface area contributed by atoms with E-state index in [1.807, 2.05) is 0 Å². The summed E-state index contributed by atoms with van der Waals surface area (Å²) in [5.74, 6) is 0. The Morgan fingerprint density at radius 1 is 0.765 bits per heavy atom. The van der Waals surface area contributed by atoms with Crippen LogP contribution in [0.2, 0.25) is 0 Å². The van der Waals surface area contributed by atoms with Gasteiger partial charge in [-0.3, -0.25) is 0 Å². The first kappa shape index (κ1) is 9.20. The van der Waals surface area contributed by atoms with E-state index in [1.54, 1.807) is 0 Å². The average molecular weight is 220 g/mol. The highest BCUT2D eigenvalue weighted by atomic mass is 16.5. The smallest absolute Gasteiger partial charge is 0.103 e. The summed E-state index contributed by atoms with van der Waals surface area (Å²) in [6.45, 7) is 0. The Hall–Kier alpha value is -1.86. The van der Waals surface area contributed by atoms with Gasteiger partial charge >= 0.3 is 0 Å². The molecule has 1 heteroatoms. The van der Waals surface area contributed by atoms with Crippen LogP contribution in [0.25, 0.3) is 11.1 Å². The van der Waals surface area contributed by atoms with Gasteiger partial charge in [0.1, 0.15) is 12.2 Å². The van der Waals surface area contributed by atoms with Crippen molar-refractivity contribution in [3.63, 3.8) is 0 Å². The molecule has 2 unspecified atom stereocenters. The van der Waals surface area contributed by atoms with Gasteiger partial charge in [-0.2, -0.15) is 0 Å². The zero-order chi connectivity index (χ0) is 11.2. The van der Waals surface area contributed by atoms with E-state index in [0.29, 0.717) is 0 Å². The van der Waals surface area contributed by atoms with Crippen LogP contribution in [0.1, 0.15) is 23.3 Å². The molecule has 2 aliphatic rings. The number of rotatable bonds is 1. The molecule has 2 atom stereocenters. The first-order chi connectivity index (χ1) is 8.43. The van der Waals surface area contributed by atoms with Crippen LogP contribution in [-0.2, 0) is 4.74 Å². The molecule has 0 saturated heterocycles. The Kier molecular flexibility index (Phi) is 1.79. The molecule has 4 rings (SSSR count). The summed E-state index contributed by atoms with van der Waals surface area (Å²) in [5, 5.41) is 0. The van der Waals surface area contributed by atoms with Crippen molar-refractivity contribution in [2.24, 2.45) is 0 Å². The van der Waals surface area contributed by atoms with Crippen molar-refractivity contribution in [2.75, 3.05) is 0 Å². The van der Waals surface area contributed by atoms with Crippen molar-refractivity contribution in [3.05, 3.63) is 71.8 Å². The molecular weight excluding hydrogens is 208 g/mol. The molecule has 2 aliphatic heterocycles. The Labute approximate surface area is 100 Å². The third kappa shape index (κ3) is 1.23. The molecule has 0 aromatic heterocycles.